The summed E-state index contributed by atoms with van der Waals surface area (Å²) >= 11 is 0. The maximum absolute atomic E-state index is 12.8. The third-order valence-electron chi connectivity index (χ3n) is 4.55. The molecule has 28 heavy (non-hydrogen) atoms. The van der Waals surface area contributed by atoms with Crippen LogP contribution in [0.4, 0.5) is 0 Å². The number of esters is 2. The molecule has 1 aliphatic rings. The number of ether oxygens (including phenoxy) is 2. The SMILES string of the molecule is COC(=O)c1cc2nc3n(c2cc1C(=O)OC)C(=O)c1ccc(C(=O)O)cc1-3. The zero-order valence-electron chi connectivity index (χ0n) is 14.7. The zero-order chi connectivity index (χ0) is 20.2. The van der Waals surface area contributed by atoms with Crippen molar-refractivity contribution in [1.82, 2.24) is 9.55 Å². The van der Waals surface area contributed by atoms with Crippen LogP contribution < -0.4 is 0 Å². The lowest BCUT2D eigenvalue weighted by Crippen LogP contribution is -2.13. The average molecular weight is 380 g/mol. The van der Waals surface area contributed by atoms with E-state index in [1.54, 1.807) is 0 Å². The molecule has 3 aromatic rings. The quantitative estimate of drug-likeness (QED) is 0.535. The second kappa shape index (κ2) is 6.02. The van der Waals surface area contributed by atoms with E-state index in [0.29, 0.717) is 16.6 Å². The molecule has 4 rings (SSSR count). The highest BCUT2D eigenvalue weighted by Gasteiger charge is 2.32. The zero-order valence-corrected chi connectivity index (χ0v) is 14.7. The Morgan fingerprint density at radius 2 is 1.61 bits per heavy atom. The Balaban J connectivity index is 2.02. The molecule has 0 radical (unpaired) electrons. The molecule has 0 spiro atoms. The maximum Gasteiger partial charge on any atom is 0.338 e. The number of rotatable bonds is 3. The number of hydrogen-bond donors (Lipinski definition) is 1. The topological polar surface area (TPSA) is 125 Å². The predicted octanol–water partition coefficient (Wildman–Crippen LogP) is 1.98. The van der Waals surface area contributed by atoms with Crippen molar-refractivity contribution >= 4 is 34.8 Å². The molecule has 0 amide bonds. The van der Waals surface area contributed by atoms with Gasteiger partial charge in [-0.25, -0.2) is 19.4 Å². The van der Waals surface area contributed by atoms with Gasteiger partial charge in [-0.2, -0.15) is 0 Å². The lowest BCUT2D eigenvalue weighted by molar-refractivity contribution is 0.0555. The maximum atomic E-state index is 12.8. The van der Waals surface area contributed by atoms with Crippen LogP contribution in [0.2, 0.25) is 0 Å². The summed E-state index contributed by atoms with van der Waals surface area (Å²) in [6.07, 6.45) is 0. The number of aromatic carboxylic acids is 1. The Morgan fingerprint density at radius 1 is 0.964 bits per heavy atom. The van der Waals surface area contributed by atoms with Crippen LogP contribution in [0.25, 0.3) is 22.4 Å². The van der Waals surface area contributed by atoms with Crippen molar-refractivity contribution in [2.24, 2.45) is 0 Å². The van der Waals surface area contributed by atoms with Crippen molar-refractivity contribution in [2.75, 3.05) is 14.2 Å². The number of hydrogen-bond acceptors (Lipinski definition) is 7. The van der Waals surface area contributed by atoms with Gasteiger partial charge >= 0.3 is 17.9 Å². The highest BCUT2D eigenvalue weighted by atomic mass is 16.5. The Labute approximate surface area is 157 Å². The highest BCUT2D eigenvalue weighted by molar-refractivity contribution is 6.15. The molecule has 1 aliphatic heterocycles. The van der Waals surface area contributed by atoms with Gasteiger partial charge in [-0.3, -0.25) is 9.36 Å². The van der Waals surface area contributed by atoms with Gasteiger partial charge in [0, 0.05) is 5.56 Å². The summed E-state index contributed by atoms with van der Waals surface area (Å²) in [5, 5.41) is 9.20. The number of aromatic nitrogens is 2. The van der Waals surface area contributed by atoms with E-state index in [1.807, 2.05) is 0 Å². The first kappa shape index (κ1) is 17.4. The fraction of sp³-hybridized carbons (Fsp3) is 0.105. The molecule has 0 saturated carbocycles. The summed E-state index contributed by atoms with van der Waals surface area (Å²) < 4.78 is 10.7. The van der Waals surface area contributed by atoms with Crippen LogP contribution in [0.5, 0.6) is 0 Å². The molecule has 2 heterocycles. The Hall–Kier alpha value is -4.01. The van der Waals surface area contributed by atoms with Crippen molar-refractivity contribution in [2.45, 2.75) is 0 Å². The number of fused-ring (bicyclic) bond motifs is 5. The number of benzene rings is 2. The first-order valence-electron chi connectivity index (χ1n) is 8.03. The molecule has 0 bridgehead atoms. The van der Waals surface area contributed by atoms with Crippen LogP contribution in [0.1, 0.15) is 41.4 Å². The lowest BCUT2D eigenvalue weighted by Gasteiger charge is -2.07. The van der Waals surface area contributed by atoms with E-state index in [2.05, 4.69) is 4.98 Å². The lowest BCUT2D eigenvalue weighted by atomic mass is 10.0. The van der Waals surface area contributed by atoms with Gasteiger partial charge in [0.25, 0.3) is 5.91 Å². The molecular weight excluding hydrogens is 368 g/mol. The number of imidazole rings is 1. The van der Waals surface area contributed by atoms with Gasteiger partial charge in [0.2, 0.25) is 0 Å². The van der Waals surface area contributed by atoms with Gasteiger partial charge in [-0.1, -0.05) is 0 Å². The predicted molar refractivity (Wildman–Crippen MR) is 94.5 cm³/mol. The number of carbonyl (C=O) groups excluding carboxylic acids is 3. The second-order valence-electron chi connectivity index (χ2n) is 6.01. The van der Waals surface area contributed by atoms with Crippen molar-refractivity contribution in [3.05, 3.63) is 52.6 Å². The average Bonchev–Trinajstić information content (AvgIpc) is 3.20. The number of carboxylic acids is 1. The smallest absolute Gasteiger partial charge is 0.338 e. The minimum Gasteiger partial charge on any atom is -0.478 e. The number of carboxylic acid groups (broad SMARTS) is 1. The van der Waals surface area contributed by atoms with E-state index >= 15 is 0 Å². The molecule has 1 aromatic heterocycles. The summed E-state index contributed by atoms with van der Waals surface area (Å²) in [7, 11) is 2.34. The molecule has 9 nitrogen and oxygen atoms in total. The summed E-state index contributed by atoms with van der Waals surface area (Å²) in [6, 6.07) is 6.80. The van der Waals surface area contributed by atoms with Crippen LogP contribution in [0.15, 0.2) is 30.3 Å². The summed E-state index contributed by atoms with van der Waals surface area (Å²) in [4.78, 5) is 52.7. The van der Waals surface area contributed by atoms with E-state index in [-0.39, 0.29) is 28.0 Å². The molecule has 0 aliphatic carbocycles. The monoisotopic (exact) mass is 380 g/mol. The van der Waals surface area contributed by atoms with Gasteiger partial charge < -0.3 is 14.6 Å². The van der Waals surface area contributed by atoms with E-state index in [4.69, 9.17) is 9.47 Å². The van der Waals surface area contributed by atoms with Crippen LogP contribution in [0.3, 0.4) is 0 Å². The highest BCUT2D eigenvalue weighted by Crippen LogP contribution is 2.36. The van der Waals surface area contributed by atoms with E-state index in [1.165, 1.54) is 49.1 Å². The molecule has 9 heteroatoms. The van der Waals surface area contributed by atoms with Crippen LogP contribution in [0, 0.1) is 0 Å². The second-order valence-corrected chi connectivity index (χ2v) is 6.01. The fourth-order valence-corrected chi connectivity index (χ4v) is 3.24. The molecule has 0 atom stereocenters. The van der Waals surface area contributed by atoms with Gasteiger partial charge in [0.15, 0.2) is 0 Å². The molecule has 140 valence electrons. The van der Waals surface area contributed by atoms with E-state index < -0.39 is 23.8 Å². The van der Waals surface area contributed by atoms with Gasteiger partial charge in [-0.05, 0) is 30.3 Å². The molecule has 1 N–H and O–H groups in total. The van der Waals surface area contributed by atoms with E-state index in [0.717, 1.165) is 0 Å². The Kier molecular flexibility index (Phi) is 3.74. The Morgan fingerprint density at radius 3 is 2.21 bits per heavy atom. The van der Waals surface area contributed by atoms with E-state index in [9.17, 15) is 24.3 Å². The summed E-state index contributed by atoms with van der Waals surface area (Å²) in [6.45, 7) is 0. The third-order valence-corrected chi connectivity index (χ3v) is 4.55. The first-order valence-corrected chi connectivity index (χ1v) is 8.03. The molecule has 0 unspecified atom stereocenters. The number of nitrogens with zero attached hydrogens (tertiary/aromatic N) is 2. The normalized spacial score (nSPS) is 11.9. The fourth-order valence-electron chi connectivity index (χ4n) is 3.24. The minimum atomic E-state index is -1.13. The van der Waals surface area contributed by atoms with Crippen LogP contribution in [-0.4, -0.2) is 52.7 Å². The Bertz CT molecular complexity index is 1220. The first-order chi connectivity index (χ1) is 13.4. The molecule has 0 saturated heterocycles. The summed E-state index contributed by atoms with van der Waals surface area (Å²) in [5.74, 6) is -2.84. The van der Waals surface area contributed by atoms with Crippen molar-refractivity contribution in [3.63, 3.8) is 0 Å². The van der Waals surface area contributed by atoms with Crippen LogP contribution in [-0.2, 0) is 9.47 Å². The standard InChI is InChI=1S/C19H12N2O7/c1-27-18(25)11-6-13-14(7-12(11)19(26)28-2)21-15(20-13)10-5-8(17(23)24)3-4-9(10)16(21)22/h3-7H,1-2H3,(H,23,24). The van der Waals surface area contributed by atoms with Gasteiger partial charge in [-0.15, -0.1) is 0 Å². The van der Waals surface area contributed by atoms with Gasteiger partial charge in [0.05, 0.1) is 47.5 Å². The number of methoxy groups -OCH3 is 2. The van der Waals surface area contributed by atoms with Crippen molar-refractivity contribution < 1.29 is 33.8 Å². The van der Waals surface area contributed by atoms with Crippen molar-refractivity contribution in [3.8, 4) is 11.4 Å². The van der Waals surface area contributed by atoms with Crippen LogP contribution >= 0.6 is 0 Å². The van der Waals surface area contributed by atoms with Gasteiger partial charge in [0.1, 0.15) is 5.82 Å². The molecule has 0 fully saturated rings. The van der Waals surface area contributed by atoms with Crippen molar-refractivity contribution in [1.29, 1.82) is 0 Å². The minimum absolute atomic E-state index is 0.0116. The molecular formula is C19H12N2O7. The summed E-state index contributed by atoms with van der Waals surface area (Å²) in [5.41, 5.74) is 1.12. The largest absolute Gasteiger partial charge is 0.478 e. The number of carbonyl (C=O) groups is 4. The molecule has 2 aromatic carbocycles. The third kappa shape index (κ3) is 2.29.